The normalized spacial score (nSPS) is 10.8. The molecule has 4 nitrogen and oxygen atoms in total. The molecular formula is C14H12ClN3O. The number of benzene rings is 1. The molecule has 0 saturated carbocycles. The first-order valence-corrected chi connectivity index (χ1v) is 6.20. The Labute approximate surface area is 115 Å². The number of anilines is 1. The fourth-order valence-corrected chi connectivity index (χ4v) is 2.05. The zero-order valence-electron chi connectivity index (χ0n) is 10.1. The molecule has 2 aromatic heterocycles. The van der Waals surface area contributed by atoms with Crippen molar-refractivity contribution in [2.24, 2.45) is 0 Å². The van der Waals surface area contributed by atoms with Gasteiger partial charge in [-0.05, 0) is 30.3 Å². The van der Waals surface area contributed by atoms with E-state index in [9.17, 15) is 0 Å². The number of imidazole rings is 1. The summed E-state index contributed by atoms with van der Waals surface area (Å²) in [5.74, 6) is 0.728. The lowest BCUT2D eigenvalue weighted by Gasteiger charge is -2.06. The monoisotopic (exact) mass is 273 g/mol. The molecule has 0 aliphatic carbocycles. The highest BCUT2D eigenvalue weighted by Crippen LogP contribution is 2.19. The van der Waals surface area contributed by atoms with Crippen molar-refractivity contribution in [1.82, 2.24) is 9.38 Å². The Morgan fingerprint density at radius 2 is 2.16 bits per heavy atom. The van der Waals surface area contributed by atoms with Gasteiger partial charge in [-0.1, -0.05) is 17.7 Å². The topological polar surface area (TPSA) is 52.5 Å². The molecule has 0 unspecified atom stereocenters. The van der Waals surface area contributed by atoms with Crippen molar-refractivity contribution in [2.45, 2.75) is 6.61 Å². The van der Waals surface area contributed by atoms with Crippen LogP contribution < -0.4 is 10.5 Å². The first kappa shape index (κ1) is 11.9. The van der Waals surface area contributed by atoms with Crippen LogP contribution in [0.2, 0.25) is 5.02 Å². The van der Waals surface area contributed by atoms with Gasteiger partial charge in [-0.3, -0.25) is 4.40 Å². The number of nitrogens with two attached hydrogens (primary N) is 1. The van der Waals surface area contributed by atoms with Gasteiger partial charge in [-0.2, -0.15) is 0 Å². The third kappa shape index (κ3) is 2.48. The minimum absolute atomic E-state index is 0.408. The number of aromatic nitrogens is 2. The Bertz CT molecular complexity index is 724. The van der Waals surface area contributed by atoms with Crippen LogP contribution in [0.4, 0.5) is 5.69 Å². The smallest absolute Gasteiger partial charge is 0.137 e. The van der Waals surface area contributed by atoms with Crippen LogP contribution in [-0.2, 0) is 6.61 Å². The number of nitrogens with zero attached hydrogens (tertiary/aromatic N) is 2. The highest BCUT2D eigenvalue weighted by molar-refractivity contribution is 6.30. The van der Waals surface area contributed by atoms with E-state index in [-0.39, 0.29) is 0 Å². The number of fused-ring (bicyclic) bond motifs is 1. The van der Waals surface area contributed by atoms with Crippen molar-refractivity contribution in [3.8, 4) is 5.75 Å². The van der Waals surface area contributed by atoms with Crippen LogP contribution in [-0.4, -0.2) is 9.38 Å². The van der Waals surface area contributed by atoms with Crippen LogP contribution in [0.1, 0.15) is 5.69 Å². The standard InChI is InChI=1S/C14H12ClN3O/c15-10-2-1-3-13(6-10)19-9-12-7-17-14-5-4-11(16)8-18(12)14/h1-8H,9,16H2. The summed E-state index contributed by atoms with van der Waals surface area (Å²) in [5.41, 5.74) is 8.24. The number of halogens is 1. The summed E-state index contributed by atoms with van der Waals surface area (Å²) in [4.78, 5) is 4.29. The largest absolute Gasteiger partial charge is 0.487 e. The Kier molecular flexibility index (Phi) is 3.01. The SMILES string of the molecule is Nc1ccc2ncc(COc3cccc(Cl)c3)n2c1. The van der Waals surface area contributed by atoms with Crippen LogP contribution in [0.25, 0.3) is 5.65 Å². The molecule has 2 heterocycles. The first-order chi connectivity index (χ1) is 9.22. The summed E-state index contributed by atoms with van der Waals surface area (Å²) in [5, 5.41) is 0.653. The van der Waals surface area contributed by atoms with Crippen molar-refractivity contribution in [3.05, 3.63) is 59.5 Å². The average Bonchev–Trinajstić information content (AvgIpc) is 2.79. The van der Waals surface area contributed by atoms with Crippen molar-refractivity contribution in [1.29, 1.82) is 0 Å². The van der Waals surface area contributed by atoms with E-state index in [4.69, 9.17) is 22.1 Å². The molecule has 1 aromatic carbocycles. The van der Waals surface area contributed by atoms with Crippen LogP contribution >= 0.6 is 11.6 Å². The molecule has 0 aliphatic rings. The second kappa shape index (κ2) is 4.82. The molecule has 96 valence electrons. The summed E-state index contributed by atoms with van der Waals surface area (Å²) in [6.45, 7) is 0.408. The zero-order valence-corrected chi connectivity index (χ0v) is 10.8. The number of hydrogen-bond acceptors (Lipinski definition) is 3. The number of hydrogen-bond donors (Lipinski definition) is 1. The summed E-state index contributed by atoms with van der Waals surface area (Å²) >= 11 is 5.91. The van der Waals surface area contributed by atoms with E-state index in [2.05, 4.69) is 4.98 Å². The van der Waals surface area contributed by atoms with Gasteiger partial charge in [-0.25, -0.2) is 4.98 Å². The van der Waals surface area contributed by atoms with Gasteiger partial charge in [0.15, 0.2) is 0 Å². The second-order valence-corrected chi connectivity index (χ2v) is 4.62. The van der Waals surface area contributed by atoms with Gasteiger partial charge in [-0.15, -0.1) is 0 Å². The van der Waals surface area contributed by atoms with Crippen LogP contribution in [0.15, 0.2) is 48.8 Å². The van der Waals surface area contributed by atoms with Gasteiger partial charge >= 0.3 is 0 Å². The van der Waals surface area contributed by atoms with Gasteiger partial charge < -0.3 is 10.5 Å². The molecule has 0 radical (unpaired) electrons. The van der Waals surface area contributed by atoms with Crippen molar-refractivity contribution in [3.63, 3.8) is 0 Å². The predicted octanol–water partition coefficient (Wildman–Crippen LogP) is 3.15. The average molecular weight is 274 g/mol. The lowest BCUT2D eigenvalue weighted by Crippen LogP contribution is -2.00. The van der Waals surface area contributed by atoms with Gasteiger partial charge in [0.1, 0.15) is 18.0 Å². The van der Waals surface area contributed by atoms with E-state index in [0.29, 0.717) is 17.3 Å². The molecule has 0 amide bonds. The van der Waals surface area contributed by atoms with E-state index in [1.165, 1.54) is 0 Å². The Morgan fingerprint density at radius 3 is 3.00 bits per heavy atom. The van der Waals surface area contributed by atoms with Gasteiger partial charge in [0, 0.05) is 16.9 Å². The van der Waals surface area contributed by atoms with Crippen LogP contribution in [0.3, 0.4) is 0 Å². The Hall–Kier alpha value is -2.20. The zero-order chi connectivity index (χ0) is 13.2. The van der Waals surface area contributed by atoms with Crippen molar-refractivity contribution >= 4 is 22.9 Å². The minimum Gasteiger partial charge on any atom is -0.487 e. The Morgan fingerprint density at radius 1 is 1.26 bits per heavy atom. The van der Waals surface area contributed by atoms with E-state index in [1.807, 2.05) is 40.9 Å². The van der Waals surface area contributed by atoms with Gasteiger partial charge in [0.2, 0.25) is 0 Å². The maximum Gasteiger partial charge on any atom is 0.137 e. The van der Waals surface area contributed by atoms with E-state index in [1.54, 1.807) is 12.3 Å². The predicted molar refractivity (Wildman–Crippen MR) is 75.4 cm³/mol. The number of pyridine rings is 1. The fraction of sp³-hybridized carbons (Fsp3) is 0.0714. The number of rotatable bonds is 3. The third-order valence-corrected chi connectivity index (χ3v) is 3.02. The summed E-state index contributed by atoms with van der Waals surface area (Å²) < 4.78 is 7.61. The quantitative estimate of drug-likeness (QED) is 0.797. The molecule has 2 N–H and O–H groups in total. The van der Waals surface area contributed by atoms with E-state index >= 15 is 0 Å². The lowest BCUT2D eigenvalue weighted by atomic mass is 10.3. The third-order valence-electron chi connectivity index (χ3n) is 2.79. The first-order valence-electron chi connectivity index (χ1n) is 5.82. The highest BCUT2D eigenvalue weighted by Gasteiger charge is 2.04. The molecule has 19 heavy (non-hydrogen) atoms. The number of nitrogen functional groups attached to an aromatic ring is 1. The second-order valence-electron chi connectivity index (χ2n) is 4.19. The molecule has 0 fully saturated rings. The Balaban J connectivity index is 1.84. The highest BCUT2D eigenvalue weighted by atomic mass is 35.5. The van der Waals surface area contributed by atoms with Gasteiger partial charge in [0.05, 0.1) is 11.9 Å². The molecule has 3 aromatic rings. The minimum atomic E-state index is 0.408. The number of ether oxygens (including phenoxy) is 1. The summed E-state index contributed by atoms with van der Waals surface area (Å²) in [7, 11) is 0. The molecule has 0 saturated heterocycles. The molecular weight excluding hydrogens is 262 g/mol. The van der Waals surface area contributed by atoms with Crippen molar-refractivity contribution in [2.75, 3.05) is 5.73 Å². The molecule has 0 atom stereocenters. The van der Waals surface area contributed by atoms with Crippen LogP contribution in [0, 0.1) is 0 Å². The molecule has 5 heteroatoms. The van der Waals surface area contributed by atoms with Gasteiger partial charge in [0.25, 0.3) is 0 Å². The molecule has 3 rings (SSSR count). The lowest BCUT2D eigenvalue weighted by molar-refractivity contribution is 0.300. The van der Waals surface area contributed by atoms with Crippen LogP contribution in [0.5, 0.6) is 5.75 Å². The van der Waals surface area contributed by atoms with E-state index < -0.39 is 0 Å². The maximum absolute atomic E-state index is 5.91. The van der Waals surface area contributed by atoms with Crippen molar-refractivity contribution < 1.29 is 4.74 Å². The maximum atomic E-state index is 5.91. The summed E-state index contributed by atoms with van der Waals surface area (Å²) in [6, 6.07) is 11.0. The fourth-order valence-electron chi connectivity index (χ4n) is 1.87. The molecule has 0 spiro atoms. The molecule has 0 bridgehead atoms. The molecule has 0 aliphatic heterocycles. The summed E-state index contributed by atoms with van der Waals surface area (Å²) in [6.07, 6.45) is 3.61. The van der Waals surface area contributed by atoms with E-state index in [0.717, 1.165) is 17.1 Å².